The molecular weight excluding hydrogens is 285 g/mol. The number of anilines is 2. The van der Waals surface area contributed by atoms with E-state index in [4.69, 9.17) is 4.74 Å². The lowest BCUT2D eigenvalue weighted by atomic mass is 10.3. The maximum atomic E-state index is 13.9. The number of benzene rings is 1. The lowest BCUT2D eigenvalue weighted by Gasteiger charge is -2.07. The number of hydrogen-bond donors (Lipinski definition) is 1. The van der Waals surface area contributed by atoms with E-state index in [1.807, 2.05) is 6.92 Å². The predicted molar refractivity (Wildman–Crippen MR) is 80.1 cm³/mol. The molecule has 0 atom stereocenters. The van der Waals surface area contributed by atoms with Gasteiger partial charge in [-0.25, -0.2) is 14.1 Å². The highest BCUT2D eigenvalue weighted by Crippen LogP contribution is 2.22. The van der Waals surface area contributed by atoms with E-state index in [-0.39, 0.29) is 5.82 Å². The lowest BCUT2D eigenvalue weighted by molar-refractivity contribution is 0.397. The molecule has 22 heavy (non-hydrogen) atoms. The summed E-state index contributed by atoms with van der Waals surface area (Å²) in [6.07, 6.45) is 3.19. The molecule has 7 heteroatoms. The molecule has 0 unspecified atom stereocenters. The summed E-state index contributed by atoms with van der Waals surface area (Å²) in [5.41, 5.74) is 1.83. The molecule has 0 spiro atoms. The van der Waals surface area contributed by atoms with Crippen molar-refractivity contribution < 1.29 is 9.13 Å². The smallest absolute Gasteiger partial charge is 0.230 e. The SMILES string of the molecule is COc1ccnc(Nc2cnn(-c3ccccc3F)c2C)n1. The molecule has 0 saturated carbocycles. The van der Waals surface area contributed by atoms with Crippen molar-refractivity contribution in [3.05, 3.63) is 54.2 Å². The topological polar surface area (TPSA) is 64.9 Å². The van der Waals surface area contributed by atoms with Crippen LogP contribution >= 0.6 is 0 Å². The Morgan fingerprint density at radius 3 is 2.82 bits per heavy atom. The van der Waals surface area contributed by atoms with E-state index in [9.17, 15) is 4.39 Å². The fourth-order valence-electron chi connectivity index (χ4n) is 2.04. The Labute approximate surface area is 126 Å². The average molecular weight is 299 g/mol. The van der Waals surface area contributed by atoms with Crippen molar-refractivity contribution in [2.24, 2.45) is 0 Å². The summed E-state index contributed by atoms with van der Waals surface area (Å²) in [5, 5.41) is 7.26. The van der Waals surface area contributed by atoms with Crippen molar-refractivity contribution in [2.45, 2.75) is 6.92 Å². The van der Waals surface area contributed by atoms with E-state index in [1.165, 1.54) is 17.9 Å². The standard InChI is InChI=1S/C15H14FN5O/c1-10-12(19-15-17-8-7-14(20-15)22-2)9-18-21(10)13-6-4-3-5-11(13)16/h3-9H,1-2H3,(H,17,19,20). The summed E-state index contributed by atoms with van der Waals surface area (Å²) >= 11 is 0. The number of nitrogens with one attached hydrogen (secondary N) is 1. The second kappa shape index (κ2) is 5.80. The highest BCUT2D eigenvalue weighted by Gasteiger charge is 2.12. The van der Waals surface area contributed by atoms with Crippen molar-refractivity contribution in [3.8, 4) is 11.6 Å². The lowest BCUT2D eigenvalue weighted by Crippen LogP contribution is -2.03. The molecule has 0 aliphatic rings. The first-order valence-electron chi connectivity index (χ1n) is 6.62. The van der Waals surface area contributed by atoms with E-state index in [2.05, 4.69) is 20.4 Å². The van der Waals surface area contributed by atoms with E-state index in [0.29, 0.717) is 23.2 Å². The minimum atomic E-state index is -0.335. The number of para-hydroxylation sites is 1. The maximum absolute atomic E-state index is 13.9. The zero-order valence-electron chi connectivity index (χ0n) is 12.1. The normalized spacial score (nSPS) is 10.5. The molecule has 1 aromatic carbocycles. The van der Waals surface area contributed by atoms with Crippen molar-refractivity contribution in [3.63, 3.8) is 0 Å². The van der Waals surface area contributed by atoms with E-state index >= 15 is 0 Å². The average Bonchev–Trinajstić information content (AvgIpc) is 2.89. The highest BCUT2D eigenvalue weighted by molar-refractivity contribution is 5.57. The zero-order valence-corrected chi connectivity index (χ0v) is 12.1. The molecule has 0 aliphatic heterocycles. The van der Waals surface area contributed by atoms with E-state index < -0.39 is 0 Å². The molecule has 0 fully saturated rings. The number of methoxy groups -OCH3 is 1. The van der Waals surface area contributed by atoms with Crippen LogP contribution < -0.4 is 10.1 Å². The molecule has 0 amide bonds. The molecule has 1 N–H and O–H groups in total. The van der Waals surface area contributed by atoms with Gasteiger partial charge in [0.2, 0.25) is 11.8 Å². The van der Waals surface area contributed by atoms with E-state index in [0.717, 1.165) is 5.69 Å². The van der Waals surface area contributed by atoms with Crippen LogP contribution in [-0.2, 0) is 0 Å². The molecule has 0 saturated heterocycles. The minimum Gasteiger partial charge on any atom is -0.481 e. The van der Waals surface area contributed by atoms with Crippen LogP contribution in [0.4, 0.5) is 16.0 Å². The number of nitrogens with zero attached hydrogens (tertiary/aromatic N) is 4. The number of rotatable bonds is 4. The fourth-order valence-corrected chi connectivity index (χ4v) is 2.04. The van der Waals surface area contributed by atoms with Gasteiger partial charge in [-0.05, 0) is 19.1 Å². The van der Waals surface area contributed by atoms with Gasteiger partial charge in [-0.2, -0.15) is 10.1 Å². The minimum absolute atomic E-state index is 0.335. The van der Waals surface area contributed by atoms with Crippen LogP contribution in [0.5, 0.6) is 5.88 Å². The van der Waals surface area contributed by atoms with Gasteiger partial charge in [-0.1, -0.05) is 12.1 Å². The largest absolute Gasteiger partial charge is 0.481 e. The summed E-state index contributed by atoms with van der Waals surface area (Å²) in [7, 11) is 1.54. The third-order valence-electron chi connectivity index (χ3n) is 3.18. The molecule has 6 nitrogen and oxygen atoms in total. The number of ether oxygens (including phenoxy) is 1. The van der Waals surface area contributed by atoms with Crippen LogP contribution in [0.15, 0.2) is 42.7 Å². The van der Waals surface area contributed by atoms with Crippen molar-refractivity contribution in [1.29, 1.82) is 0 Å². The van der Waals surface area contributed by atoms with Crippen LogP contribution in [0.1, 0.15) is 5.69 Å². The third kappa shape index (κ3) is 2.60. The fraction of sp³-hybridized carbons (Fsp3) is 0.133. The Kier molecular flexibility index (Phi) is 3.69. The van der Waals surface area contributed by atoms with Gasteiger partial charge in [0.25, 0.3) is 0 Å². The Bertz CT molecular complexity index is 802. The van der Waals surface area contributed by atoms with Crippen LogP contribution in [-0.4, -0.2) is 26.9 Å². The maximum Gasteiger partial charge on any atom is 0.230 e. The quantitative estimate of drug-likeness (QED) is 0.802. The molecule has 2 heterocycles. The van der Waals surface area contributed by atoms with Gasteiger partial charge < -0.3 is 10.1 Å². The van der Waals surface area contributed by atoms with Gasteiger partial charge in [0, 0.05) is 12.3 Å². The Balaban J connectivity index is 1.92. The molecule has 3 rings (SSSR count). The first-order valence-corrected chi connectivity index (χ1v) is 6.62. The highest BCUT2D eigenvalue weighted by atomic mass is 19.1. The second-order valence-electron chi connectivity index (χ2n) is 4.55. The zero-order chi connectivity index (χ0) is 15.5. The third-order valence-corrected chi connectivity index (χ3v) is 3.18. The molecule has 0 aliphatic carbocycles. The molecule has 0 bridgehead atoms. The first-order chi connectivity index (χ1) is 10.7. The summed E-state index contributed by atoms with van der Waals surface area (Å²) < 4.78 is 20.4. The number of hydrogen-bond acceptors (Lipinski definition) is 5. The summed E-state index contributed by atoms with van der Waals surface area (Å²) in [6.45, 7) is 1.84. The van der Waals surface area contributed by atoms with Crippen molar-refractivity contribution in [2.75, 3.05) is 12.4 Å². The van der Waals surface area contributed by atoms with Gasteiger partial charge in [0.15, 0.2) is 0 Å². The monoisotopic (exact) mass is 299 g/mol. The van der Waals surface area contributed by atoms with Gasteiger partial charge in [-0.15, -0.1) is 0 Å². The van der Waals surface area contributed by atoms with Crippen LogP contribution in [0.3, 0.4) is 0 Å². The van der Waals surface area contributed by atoms with Crippen LogP contribution in [0.2, 0.25) is 0 Å². The Morgan fingerprint density at radius 1 is 1.23 bits per heavy atom. The molecule has 2 aromatic heterocycles. The van der Waals surface area contributed by atoms with Crippen molar-refractivity contribution in [1.82, 2.24) is 19.7 Å². The molecule has 3 aromatic rings. The first kappa shape index (κ1) is 14.0. The molecule has 112 valence electrons. The van der Waals surface area contributed by atoms with Crippen molar-refractivity contribution >= 4 is 11.6 Å². The predicted octanol–water partition coefficient (Wildman–Crippen LogP) is 2.86. The number of aromatic nitrogens is 4. The molecular formula is C15H14FN5O. The van der Waals surface area contributed by atoms with E-state index in [1.54, 1.807) is 36.7 Å². The summed E-state index contributed by atoms with van der Waals surface area (Å²) in [6, 6.07) is 8.12. The van der Waals surface area contributed by atoms with Gasteiger partial charge in [0.05, 0.1) is 24.7 Å². The number of halogens is 1. The second-order valence-corrected chi connectivity index (χ2v) is 4.55. The van der Waals surface area contributed by atoms with Gasteiger partial charge in [-0.3, -0.25) is 0 Å². The van der Waals surface area contributed by atoms with Crippen LogP contribution in [0.25, 0.3) is 5.69 Å². The Hall–Kier alpha value is -2.96. The van der Waals surface area contributed by atoms with Gasteiger partial charge in [0.1, 0.15) is 11.5 Å². The van der Waals surface area contributed by atoms with Gasteiger partial charge >= 0.3 is 0 Å². The summed E-state index contributed by atoms with van der Waals surface area (Å²) in [5.74, 6) is 0.505. The summed E-state index contributed by atoms with van der Waals surface area (Å²) in [4.78, 5) is 8.28. The van der Waals surface area contributed by atoms with Crippen LogP contribution in [0, 0.1) is 12.7 Å². The molecule has 0 radical (unpaired) electrons. The Morgan fingerprint density at radius 2 is 2.05 bits per heavy atom.